The number of hydrogen-bond acceptors (Lipinski definition) is 9. The lowest BCUT2D eigenvalue weighted by Gasteiger charge is -2.26. The Morgan fingerprint density at radius 2 is 1.93 bits per heavy atom. The lowest BCUT2D eigenvalue weighted by Crippen LogP contribution is -2.31. The van der Waals surface area contributed by atoms with Crippen LogP contribution in [0.25, 0.3) is 0 Å². The van der Waals surface area contributed by atoms with E-state index in [1.807, 2.05) is 0 Å². The highest BCUT2D eigenvalue weighted by Crippen LogP contribution is 2.38. The first kappa shape index (κ1) is 20.8. The van der Waals surface area contributed by atoms with E-state index in [0.29, 0.717) is 29.8 Å². The van der Waals surface area contributed by atoms with E-state index in [0.717, 1.165) is 0 Å². The quantitative estimate of drug-likeness (QED) is 0.289. The predicted molar refractivity (Wildman–Crippen MR) is 95.6 cm³/mol. The number of aromatic nitrogens is 1. The minimum atomic E-state index is -0.921. The van der Waals surface area contributed by atoms with Crippen molar-refractivity contribution in [2.75, 3.05) is 13.2 Å². The number of rotatable bonds is 9. The van der Waals surface area contributed by atoms with Crippen molar-refractivity contribution in [3.63, 3.8) is 0 Å². The number of nitrogens with one attached hydrogen (secondary N) is 1. The zero-order valence-electron chi connectivity index (χ0n) is 15.4. The summed E-state index contributed by atoms with van der Waals surface area (Å²) in [4.78, 5) is 42.1. The van der Waals surface area contributed by atoms with Crippen LogP contribution in [0.4, 0.5) is 0 Å². The number of nitro groups is 1. The second-order valence-corrected chi connectivity index (χ2v) is 6.05. The van der Waals surface area contributed by atoms with Gasteiger partial charge in [0.15, 0.2) is 0 Å². The topological polar surface area (TPSA) is 147 Å². The monoisotopic (exact) mass is 392 g/mol. The van der Waals surface area contributed by atoms with Gasteiger partial charge < -0.3 is 14.9 Å². The molecule has 11 nitrogen and oxygen atoms in total. The van der Waals surface area contributed by atoms with E-state index in [9.17, 15) is 25.0 Å². The fraction of sp³-hybridized carbons (Fsp3) is 0.412. The van der Waals surface area contributed by atoms with Gasteiger partial charge >= 0.3 is 5.97 Å². The van der Waals surface area contributed by atoms with E-state index < -0.39 is 21.9 Å². The van der Waals surface area contributed by atoms with Crippen LogP contribution in [0.1, 0.15) is 38.2 Å². The summed E-state index contributed by atoms with van der Waals surface area (Å²) in [6, 6.07) is 3.30. The highest BCUT2D eigenvalue weighted by atomic mass is 16.9. The number of esters is 1. The summed E-state index contributed by atoms with van der Waals surface area (Å²) in [7, 11) is 0. The molecule has 1 aliphatic rings. The minimum absolute atomic E-state index is 0.00689. The molecule has 1 aromatic rings. The van der Waals surface area contributed by atoms with Crippen LogP contribution in [-0.4, -0.2) is 34.2 Å². The van der Waals surface area contributed by atoms with Gasteiger partial charge in [-0.15, -0.1) is 10.1 Å². The SMILES string of the molecule is CC1=C(C(=O)OCCCCO[N+](=O)[O-])C(c2cccnc2)C([N+](=O)[O-])=C(C)N1. The minimum Gasteiger partial charge on any atom is -0.462 e. The number of dihydropyridines is 1. The molecule has 0 saturated carbocycles. The Morgan fingerprint density at radius 3 is 2.54 bits per heavy atom. The Morgan fingerprint density at radius 1 is 1.21 bits per heavy atom. The van der Waals surface area contributed by atoms with Crippen molar-refractivity contribution in [2.45, 2.75) is 32.6 Å². The summed E-state index contributed by atoms with van der Waals surface area (Å²) in [6.07, 6.45) is 3.69. The summed E-state index contributed by atoms with van der Waals surface area (Å²) in [6.45, 7) is 3.13. The van der Waals surface area contributed by atoms with Crippen LogP contribution in [0.3, 0.4) is 0 Å². The second-order valence-electron chi connectivity index (χ2n) is 6.05. The maximum absolute atomic E-state index is 12.7. The van der Waals surface area contributed by atoms with Crippen LogP contribution in [0, 0.1) is 20.2 Å². The van der Waals surface area contributed by atoms with Gasteiger partial charge in [0.2, 0.25) is 0 Å². The Bertz CT molecular complexity index is 820. The molecule has 1 aliphatic heterocycles. The summed E-state index contributed by atoms with van der Waals surface area (Å²) in [5.74, 6) is -1.61. The number of nitrogens with zero attached hydrogens (tertiary/aromatic N) is 3. The Kier molecular flexibility index (Phi) is 7.02. The van der Waals surface area contributed by atoms with Crippen molar-refractivity contribution in [2.24, 2.45) is 0 Å². The van der Waals surface area contributed by atoms with Crippen LogP contribution < -0.4 is 5.32 Å². The van der Waals surface area contributed by atoms with Crippen LogP contribution in [0.5, 0.6) is 0 Å². The van der Waals surface area contributed by atoms with Crippen LogP contribution in [0.15, 0.2) is 47.2 Å². The third kappa shape index (κ3) is 5.02. The van der Waals surface area contributed by atoms with Crippen molar-refractivity contribution < 1.29 is 24.4 Å². The van der Waals surface area contributed by atoms with Crippen LogP contribution in [-0.2, 0) is 14.4 Å². The highest BCUT2D eigenvalue weighted by molar-refractivity contribution is 5.92. The number of carbonyl (C=O) groups excluding carboxylic acids is 1. The molecule has 0 aliphatic carbocycles. The fourth-order valence-electron chi connectivity index (χ4n) is 2.95. The Balaban J connectivity index is 2.18. The van der Waals surface area contributed by atoms with Gasteiger partial charge in [-0.1, -0.05) is 6.07 Å². The first-order chi connectivity index (χ1) is 13.3. The molecule has 0 aromatic carbocycles. The van der Waals surface area contributed by atoms with Crippen LogP contribution in [0.2, 0.25) is 0 Å². The maximum atomic E-state index is 12.7. The van der Waals surface area contributed by atoms with E-state index in [-0.39, 0.29) is 24.5 Å². The molecule has 0 amide bonds. The molecule has 11 heteroatoms. The van der Waals surface area contributed by atoms with Gasteiger partial charge in [0, 0.05) is 18.1 Å². The largest absolute Gasteiger partial charge is 0.462 e. The molecule has 1 unspecified atom stereocenters. The summed E-state index contributed by atoms with van der Waals surface area (Å²) in [5.41, 5.74) is 1.28. The van der Waals surface area contributed by atoms with E-state index in [4.69, 9.17) is 4.74 Å². The van der Waals surface area contributed by atoms with Gasteiger partial charge in [0.25, 0.3) is 10.8 Å². The van der Waals surface area contributed by atoms with Gasteiger partial charge in [0.05, 0.1) is 29.4 Å². The first-order valence-corrected chi connectivity index (χ1v) is 8.50. The summed E-state index contributed by atoms with van der Waals surface area (Å²) < 4.78 is 5.25. The van der Waals surface area contributed by atoms with Gasteiger partial charge in [-0.05, 0) is 38.3 Å². The van der Waals surface area contributed by atoms with Gasteiger partial charge in [0.1, 0.15) is 5.92 Å². The number of pyridine rings is 1. The van der Waals surface area contributed by atoms with E-state index in [1.54, 1.807) is 26.0 Å². The fourth-order valence-corrected chi connectivity index (χ4v) is 2.95. The van der Waals surface area contributed by atoms with Crippen molar-refractivity contribution in [1.82, 2.24) is 10.3 Å². The number of allylic oxidation sites excluding steroid dienone is 3. The molecule has 0 saturated heterocycles. The van der Waals surface area contributed by atoms with Gasteiger partial charge in [-0.3, -0.25) is 15.1 Å². The molecule has 0 spiro atoms. The Hall–Kier alpha value is -3.50. The molecule has 1 atom stereocenters. The highest BCUT2D eigenvalue weighted by Gasteiger charge is 2.40. The third-order valence-corrected chi connectivity index (χ3v) is 4.13. The number of unbranched alkanes of at least 4 members (excludes halogenated alkanes) is 1. The molecule has 2 rings (SSSR count). The second kappa shape index (κ2) is 9.44. The third-order valence-electron chi connectivity index (χ3n) is 4.13. The summed E-state index contributed by atoms with van der Waals surface area (Å²) in [5, 5.41) is 23.7. The van der Waals surface area contributed by atoms with Crippen LogP contribution >= 0.6 is 0 Å². The zero-order chi connectivity index (χ0) is 20.7. The van der Waals surface area contributed by atoms with Crippen molar-refractivity contribution in [3.8, 4) is 0 Å². The molecular formula is C17H20N4O7. The lowest BCUT2D eigenvalue weighted by atomic mass is 9.85. The number of carbonyl (C=O) groups is 1. The standard InChI is InChI=1S/C17H20N4O7/c1-11-14(17(22)27-8-3-4-9-28-21(25)26)15(13-6-5-7-18-10-13)16(20(23)24)12(2)19-11/h5-7,10,15,19H,3-4,8-9H2,1-2H3. The zero-order valence-corrected chi connectivity index (χ0v) is 15.4. The maximum Gasteiger partial charge on any atom is 0.336 e. The molecule has 0 fully saturated rings. The molecule has 1 aromatic heterocycles. The molecule has 0 bridgehead atoms. The van der Waals surface area contributed by atoms with Crippen molar-refractivity contribution >= 4 is 5.97 Å². The van der Waals surface area contributed by atoms with Crippen molar-refractivity contribution in [3.05, 3.63) is 73.0 Å². The summed E-state index contributed by atoms with van der Waals surface area (Å²) >= 11 is 0. The predicted octanol–water partition coefficient (Wildman–Crippen LogP) is 2.08. The van der Waals surface area contributed by atoms with Gasteiger partial charge in [-0.25, -0.2) is 4.79 Å². The first-order valence-electron chi connectivity index (χ1n) is 8.50. The molecule has 150 valence electrons. The average Bonchev–Trinajstić information content (AvgIpc) is 2.63. The molecular weight excluding hydrogens is 372 g/mol. The number of hydrogen-bond donors (Lipinski definition) is 1. The average molecular weight is 392 g/mol. The number of ether oxygens (including phenoxy) is 1. The Labute approximate surface area is 160 Å². The smallest absolute Gasteiger partial charge is 0.336 e. The molecule has 1 N–H and O–H groups in total. The lowest BCUT2D eigenvalue weighted by molar-refractivity contribution is -0.757. The van der Waals surface area contributed by atoms with Crippen molar-refractivity contribution in [1.29, 1.82) is 0 Å². The van der Waals surface area contributed by atoms with E-state index in [1.165, 1.54) is 12.4 Å². The molecule has 28 heavy (non-hydrogen) atoms. The van der Waals surface area contributed by atoms with E-state index >= 15 is 0 Å². The molecule has 2 heterocycles. The van der Waals surface area contributed by atoms with E-state index in [2.05, 4.69) is 15.1 Å². The van der Waals surface area contributed by atoms with Gasteiger partial charge in [-0.2, -0.15) is 0 Å². The molecule has 0 radical (unpaired) electrons. The normalized spacial score (nSPS) is 16.4.